The number of halogens is 1. The first-order chi connectivity index (χ1) is 7.00. The summed E-state index contributed by atoms with van der Waals surface area (Å²) in [6.45, 7) is 3.78. The van der Waals surface area contributed by atoms with E-state index >= 15 is 0 Å². The van der Waals surface area contributed by atoms with Crippen LogP contribution in [0.4, 0.5) is 5.69 Å². The molecular formula is C11H17ClN2O2. The molecule has 1 aromatic carbocycles. The number of aromatic hydroxyl groups is 1. The second kappa shape index (κ2) is 6.35. The fourth-order valence-electron chi connectivity index (χ4n) is 1.07. The van der Waals surface area contributed by atoms with Crippen LogP contribution in [0, 0.1) is 5.92 Å². The lowest BCUT2D eigenvalue weighted by molar-refractivity contribution is -0.118. The minimum atomic E-state index is -0.515. The molecule has 1 aromatic rings. The molecule has 0 saturated heterocycles. The molecule has 0 aliphatic heterocycles. The van der Waals surface area contributed by atoms with Gasteiger partial charge in [0.25, 0.3) is 0 Å². The molecule has 1 rings (SSSR count). The summed E-state index contributed by atoms with van der Waals surface area (Å²) in [5.41, 5.74) is 6.31. The van der Waals surface area contributed by atoms with Gasteiger partial charge in [0, 0.05) is 5.69 Å². The summed E-state index contributed by atoms with van der Waals surface area (Å²) in [4.78, 5) is 11.5. The minimum absolute atomic E-state index is 0. The first-order valence-corrected chi connectivity index (χ1v) is 4.86. The highest BCUT2D eigenvalue weighted by molar-refractivity contribution is 5.94. The highest BCUT2D eigenvalue weighted by Crippen LogP contribution is 2.14. The Hall–Kier alpha value is -1.26. The van der Waals surface area contributed by atoms with Crippen molar-refractivity contribution in [3.63, 3.8) is 0 Å². The van der Waals surface area contributed by atoms with Crippen LogP contribution in [0.2, 0.25) is 0 Å². The zero-order valence-electron chi connectivity index (χ0n) is 9.31. The van der Waals surface area contributed by atoms with E-state index in [1.54, 1.807) is 12.1 Å². The number of anilines is 1. The monoisotopic (exact) mass is 244 g/mol. The van der Waals surface area contributed by atoms with Gasteiger partial charge >= 0.3 is 0 Å². The fourth-order valence-corrected chi connectivity index (χ4v) is 1.07. The molecule has 0 fully saturated rings. The number of carbonyl (C=O) groups excluding carboxylic acids is 1. The lowest BCUT2D eigenvalue weighted by Gasteiger charge is -2.15. The van der Waals surface area contributed by atoms with Crippen LogP contribution in [-0.2, 0) is 4.79 Å². The summed E-state index contributed by atoms with van der Waals surface area (Å²) in [5.74, 6) is 0.0546. The lowest BCUT2D eigenvalue weighted by Crippen LogP contribution is -2.39. The summed E-state index contributed by atoms with van der Waals surface area (Å²) in [6.07, 6.45) is 0. The highest BCUT2D eigenvalue weighted by Gasteiger charge is 2.16. The Kier molecular flexibility index (Phi) is 5.85. The maximum atomic E-state index is 11.5. The number of hydrogen-bond acceptors (Lipinski definition) is 3. The van der Waals surface area contributed by atoms with Gasteiger partial charge in [0.1, 0.15) is 5.75 Å². The zero-order valence-corrected chi connectivity index (χ0v) is 10.1. The lowest BCUT2D eigenvalue weighted by atomic mass is 10.1. The molecule has 0 heterocycles. The topological polar surface area (TPSA) is 75.4 Å². The zero-order chi connectivity index (χ0) is 11.4. The number of nitrogens with two attached hydrogens (primary N) is 1. The van der Waals surface area contributed by atoms with Crippen LogP contribution in [-0.4, -0.2) is 17.1 Å². The molecule has 4 nitrogen and oxygen atoms in total. The van der Waals surface area contributed by atoms with Crippen LogP contribution in [0.3, 0.4) is 0 Å². The third kappa shape index (κ3) is 4.08. The largest absolute Gasteiger partial charge is 0.508 e. The third-order valence-corrected chi connectivity index (χ3v) is 2.16. The van der Waals surface area contributed by atoms with Crippen molar-refractivity contribution in [2.75, 3.05) is 5.32 Å². The number of rotatable bonds is 3. The van der Waals surface area contributed by atoms with Gasteiger partial charge in [0.2, 0.25) is 5.91 Å². The summed E-state index contributed by atoms with van der Waals surface area (Å²) >= 11 is 0. The van der Waals surface area contributed by atoms with E-state index in [1.165, 1.54) is 12.1 Å². The van der Waals surface area contributed by atoms with E-state index in [9.17, 15) is 4.79 Å². The van der Waals surface area contributed by atoms with E-state index in [1.807, 2.05) is 13.8 Å². The second-order valence-electron chi connectivity index (χ2n) is 3.81. The Morgan fingerprint density at radius 1 is 1.31 bits per heavy atom. The maximum absolute atomic E-state index is 11.5. The minimum Gasteiger partial charge on any atom is -0.508 e. The van der Waals surface area contributed by atoms with E-state index in [0.29, 0.717) is 5.69 Å². The Bertz CT molecular complexity index is 338. The Morgan fingerprint density at radius 3 is 2.25 bits per heavy atom. The molecule has 0 aromatic heterocycles. The van der Waals surface area contributed by atoms with Crippen molar-refractivity contribution in [3.8, 4) is 5.75 Å². The van der Waals surface area contributed by atoms with Crippen LogP contribution in [0.25, 0.3) is 0 Å². The first-order valence-electron chi connectivity index (χ1n) is 4.86. The van der Waals surface area contributed by atoms with Crippen LogP contribution in [0.1, 0.15) is 13.8 Å². The van der Waals surface area contributed by atoms with Gasteiger partial charge in [-0.3, -0.25) is 4.79 Å². The predicted molar refractivity (Wildman–Crippen MR) is 66.8 cm³/mol. The van der Waals surface area contributed by atoms with Gasteiger partial charge in [-0.05, 0) is 30.2 Å². The normalized spacial score (nSPS) is 11.8. The van der Waals surface area contributed by atoms with Crippen molar-refractivity contribution in [3.05, 3.63) is 24.3 Å². The Balaban J connectivity index is 0.00000225. The first kappa shape index (κ1) is 14.7. The van der Waals surface area contributed by atoms with Gasteiger partial charge in [-0.2, -0.15) is 0 Å². The Labute approximate surface area is 101 Å². The van der Waals surface area contributed by atoms with E-state index in [-0.39, 0.29) is 30.0 Å². The van der Waals surface area contributed by atoms with Crippen LogP contribution in [0.15, 0.2) is 24.3 Å². The quantitative estimate of drug-likeness (QED) is 0.709. The van der Waals surface area contributed by atoms with E-state index < -0.39 is 6.04 Å². The smallest absolute Gasteiger partial charge is 0.241 e. The molecule has 90 valence electrons. The molecule has 0 saturated carbocycles. The standard InChI is InChI=1S/C11H16N2O2.ClH/c1-7(2)10(12)11(15)13-8-3-5-9(14)6-4-8;/h3-7,10,14H,12H2,1-2H3,(H,13,15);1H/t10-;/m0./s1. The number of nitrogens with one attached hydrogen (secondary N) is 1. The van der Waals surface area contributed by atoms with E-state index in [4.69, 9.17) is 10.8 Å². The average molecular weight is 245 g/mol. The van der Waals surface area contributed by atoms with E-state index in [2.05, 4.69) is 5.32 Å². The number of benzene rings is 1. The molecule has 1 amide bonds. The summed E-state index contributed by atoms with van der Waals surface area (Å²) in [6, 6.07) is 5.76. The van der Waals surface area contributed by atoms with Crippen LogP contribution >= 0.6 is 12.4 Å². The van der Waals surface area contributed by atoms with E-state index in [0.717, 1.165) is 0 Å². The van der Waals surface area contributed by atoms with Crippen molar-refractivity contribution < 1.29 is 9.90 Å². The number of phenolic OH excluding ortho intramolecular Hbond substituents is 1. The number of carbonyl (C=O) groups is 1. The molecule has 0 spiro atoms. The fraction of sp³-hybridized carbons (Fsp3) is 0.364. The molecular weight excluding hydrogens is 228 g/mol. The van der Waals surface area contributed by atoms with Crippen molar-refractivity contribution in [2.45, 2.75) is 19.9 Å². The van der Waals surface area contributed by atoms with Gasteiger partial charge in [-0.25, -0.2) is 0 Å². The second-order valence-corrected chi connectivity index (χ2v) is 3.81. The maximum Gasteiger partial charge on any atom is 0.241 e. The molecule has 16 heavy (non-hydrogen) atoms. The molecule has 0 radical (unpaired) electrons. The predicted octanol–water partition coefficient (Wildman–Crippen LogP) is 1.74. The van der Waals surface area contributed by atoms with Gasteiger partial charge < -0.3 is 16.2 Å². The third-order valence-electron chi connectivity index (χ3n) is 2.16. The molecule has 0 aliphatic rings. The Morgan fingerprint density at radius 2 is 1.81 bits per heavy atom. The van der Waals surface area contributed by atoms with Crippen molar-refractivity contribution in [1.29, 1.82) is 0 Å². The molecule has 5 heteroatoms. The van der Waals surface area contributed by atoms with Gasteiger partial charge in [0.15, 0.2) is 0 Å². The average Bonchev–Trinajstić information content (AvgIpc) is 2.20. The van der Waals surface area contributed by atoms with Gasteiger partial charge in [-0.1, -0.05) is 13.8 Å². The molecule has 0 bridgehead atoms. The summed E-state index contributed by atoms with van der Waals surface area (Å²) < 4.78 is 0. The van der Waals surface area contributed by atoms with Crippen molar-refractivity contribution in [1.82, 2.24) is 0 Å². The molecule has 1 atom stereocenters. The van der Waals surface area contributed by atoms with Crippen molar-refractivity contribution >= 4 is 24.0 Å². The molecule has 0 unspecified atom stereocenters. The summed E-state index contributed by atoms with van der Waals surface area (Å²) in [7, 11) is 0. The number of hydrogen-bond donors (Lipinski definition) is 3. The number of amides is 1. The van der Waals surface area contributed by atoms with Crippen molar-refractivity contribution in [2.24, 2.45) is 11.7 Å². The van der Waals surface area contributed by atoms with Gasteiger partial charge in [0.05, 0.1) is 6.04 Å². The van der Waals surface area contributed by atoms with Gasteiger partial charge in [-0.15, -0.1) is 12.4 Å². The highest BCUT2D eigenvalue weighted by atomic mass is 35.5. The molecule has 0 aliphatic carbocycles. The summed E-state index contributed by atoms with van der Waals surface area (Å²) in [5, 5.41) is 11.7. The van der Waals surface area contributed by atoms with Crippen LogP contribution in [0.5, 0.6) is 5.75 Å². The number of phenols is 1. The molecule has 4 N–H and O–H groups in total. The van der Waals surface area contributed by atoms with Crippen LogP contribution < -0.4 is 11.1 Å². The SMILES string of the molecule is CC(C)[C@H](N)C(=O)Nc1ccc(O)cc1.Cl.